The van der Waals surface area contributed by atoms with E-state index in [1.165, 1.54) is 18.3 Å². The van der Waals surface area contributed by atoms with E-state index in [4.69, 9.17) is 0 Å². The second-order valence-corrected chi connectivity index (χ2v) is 5.65. The molecule has 0 unspecified atom stereocenters. The van der Waals surface area contributed by atoms with Gasteiger partial charge in [0.25, 0.3) is 0 Å². The number of nitrogens with zero attached hydrogens (tertiary/aromatic N) is 3. The summed E-state index contributed by atoms with van der Waals surface area (Å²) in [4.78, 5) is 4.27. The molecule has 1 heterocycles. The zero-order valence-electron chi connectivity index (χ0n) is 13.9. The fraction of sp³-hybridized carbons (Fsp3) is 0.167. The molecule has 0 aliphatic rings. The third-order valence-electron chi connectivity index (χ3n) is 3.74. The lowest BCUT2D eigenvalue weighted by Gasteiger charge is -2.10. The van der Waals surface area contributed by atoms with Crippen molar-refractivity contribution < 1.29 is 13.2 Å². The van der Waals surface area contributed by atoms with E-state index in [9.17, 15) is 13.2 Å². The fourth-order valence-corrected chi connectivity index (χ4v) is 2.31. The van der Waals surface area contributed by atoms with Crippen molar-refractivity contribution in [3.05, 3.63) is 71.4 Å². The van der Waals surface area contributed by atoms with E-state index in [1.807, 2.05) is 31.2 Å². The molecule has 0 fully saturated rings. The molecule has 0 amide bonds. The van der Waals surface area contributed by atoms with E-state index in [1.54, 1.807) is 0 Å². The van der Waals surface area contributed by atoms with Gasteiger partial charge in [-0.1, -0.05) is 24.3 Å². The lowest BCUT2D eigenvalue weighted by Crippen LogP contribution is -2.07. The highest BCUT2D eigenvalue weighted by atomic mass is 19.4. The Bertz CT molecular complexity index is 878. The Kier molecular flexibility index (Phi) is 5.01. The molecule has 0 aliphatic carbocycles. The topological polar surface area (TPSA) is 62.7 Å². The van der Waals surface area contributed by atoms with Crippen LogP contribution in [-0.2, 0) is 12.7 Å². The molecule has 8 heteroatoms. The SMILES string of the molecule is Cc1ccccc1CNc1nncc(Nc2ccc(C(F)(F)F)cc2)n1. The summed E-state index contributed by atoms with van der Waals surface area (Å²) >= 11 is 0. The molecule has 2 aromatic carbocycles. The van der Waals surface area contributed by atoms with E-state index in [0.717, 1.165) is 23.3 Å². The van der Waals surface area contributed by atoms with Gasteiger partial charge in [-0.05, 0) is 42.3 Å². The van der Waals surface area contributed by atoms with Gasteiger partial charge in [-0.3, -0.25) is 0 Å². The fourth-order valence-electron chi connectivity index (χ4n) is 2.31. The van der Waals surface area contributed by atoms with Crippen molar-refractivity contribution in [2.75, 3.05) is 10.6 Å². The minimum Gasteiger partial charge on any atom is -0.349 e. The number of hydrogen-bond donors (Lipinski definition) is 2. The Labute approximate surface area is 148 Å². The molecule has 26 heavy (non-hydrogen) atoms. The molecular weight excluding hydrogens is 343 g/mol. The van der Waals surface area contributed by atoms with Crippen LogP contribution in [0.3, 0.4) is 0 Å². The predicted octanol–water partition coefficient (Wildman–Crippen LogP) is 4.55. The maximum absolute atomic E-state index is 12.6. The first-order chi connectivity index (χ1) is 12.4. The first kappa shape index (κ1) is 17.7. The van der Waals surface area contributed by atoms with E-state index in [0.29, 0.717) is 24.0 Å². The number of nitrogens with one attached hydrogen (secondary N) is 2. The first-order valence-electron chi connectivity index (χ1n) is 7.84. The van der Waals surface area contributed by atoms with Gasteiger partial charge in [0.1, 0.15) is 0 Å². The summed E-state index contributed by atoms with van der Waals surface area (Å²) < 4.78 is 37.8. The standard InChI is InChI=1S/C18H16F3N5/c1-12-4-2-3-5-13(12)10-22-17-25-16(11-23-26-17)24-15-8-6-14(7-9-15)18(19,20)21/h2-9,11H,10H2,1H3,(H2,22,24,25,26). The van der Waals surface area contributed by atoms with Crippen molar-refractivity contribution in [2.45, 2.75) is 19.6 Å². The predicted molar refractivity (Wildman–Crippen MR) is 93.1 cm³/mol. The van der Waals surface area contributed by atoms with Gasteiger partial charge in [-0.2, -0.15) is 23.3 Å². The molecule has 3 rings (SSSR count). The number of hydrogen-bond acceptors (Lipinski definition) is 5. The Morgan fingerprint density at radius 3 is 2.42 bits per heavy atom. The van der Waals surface area contributed by atoms with Gasteiger partial charge < -0.3 is 10.6 Å². The minimum atomic E-state index is -4.36. The average molecular weight is 359 g/mol. The van der Waals surface area contributed by atoms with E-state index in [2.05, 4.69) is 25.8 Å². The maximum Gasteiger partial charge on any atom is 0.416 e. The highest BCUT2D eigenvalue weighted by molar-refractivity contribution is 5.56. The summed E-state index contributed by atoms with van der Waals surface area (Å²) in [5, 5.41) is 13.8. The zero-order valence-corrected chi connectivity index (χ0v) is 13.9. The molecule has 0 saturated carbocycles. The van der Waals surface area contributed by atoms with E-state index in [-0.39, 0.29) is 0 Å². The van der Waals surface area contributed by atoms with Crippen LogP contribution in [-0.4, -0.2) is 15.2 Å². The van der Waals surface area contributed by atoms with Crippen LogP contribution in [0.15, 0.2) is 54.7 Å². The van der Waals surface area contributed by atoms with Crippen LogP contribution < -0.4 is 10.6 Å². The van der Waals surface area contributed by atoms with Crippen molar-refractivity contribution in [3.63, 3.8) is 0 Å². The molecule has 1 aromatic heterocycles. The number of aromatic nitrogens is 3. The summed E-state index contributed by atoms with van der Waals surface area (Å²) in [6.07, 6.45) is -2.96. The number of rotatable bonds is 5. The van der Waals surface area contributed by atoms with Gasteiger partial charge in [0.15, 0.2) is 5.82 Å². The quantitative estimate of drug-likeness (QED) is 0.699. The van der Waals surface area contributed by atoms with Gasteiger partial charge >= 0.3 is 6.18 Å². The van der Waals surface area contributed by atoms with E-state index < -0.39 is 11.7 Å². The van der Waals surface area contributed by atoms with Crippen LogP contribution >= 0.6 is 0 Å². The molecule has 0 aliphatic heterocycles. The second-order valence-electron chi connectivity index (χ2n) is 5.65. The number of alkyl halides is 3. The minimum absolute atomic E-state index is 0.324. The monoisotopic (exact) mass is 359 g/mol. The van der Waals surface area contributed by atoms with Crippen LogP contribution in [0.4, 0.5) is 30.6 Å². The largest absolute Gasteiger partial charge is 0.416 e. The molecule has 0 spiro atoms. The lowest BCUT2D eigenvalue weighted by atomic mass is 10.1. The Morgan fingerprint density at radius 2 is 1.73 bits per heavy atom. The summed E-state index contributed by atoms with van der Waals surface area (Å²) in [7, 11) is 0. The van der Waals surface area contributed by atoms with E-state index >= 15 is 0 Å². The molecule has 3 aromatic rings. The summed E-state index contributed by atoms with van der Waals surface area (Å²) in [5.74, 6) is 0.706. The zero-order chi connectivity index (χ0) is 18.6. The highest BCUT2D eigenvalue weighted by Crippen LogP contribution is 2.30. The molecule has 134 valence electrons. The second kappa shape index (κ2) is 7.38. The van der Waals surface area contributed by atoms with Crippen molar-refractivity contribution >= 4 is 17.5 Å². The van der Waals surface area contributed by atoms with Crippen LogP contribution in [0.2, 0.25) is 0 Å². The number of aryl methyl sites for hydroxylation is 1. The highest BCUT2D eigenvalue weighted by Gasteiger charge is 2.29. The molecule has 0 bridgehead atoms. The van der Waals surface area contributed by atoms with Crippen LogP contribution in [0.1, 0.15) is 16.7 Å². The molecule has 0 radical (unpaired) electrons. The molecule has 0 atom stereocenters. The van der Waals surface area contributed by atoms with Crippen molar-refractivity contribution in [2.24, 2.45) is 0 Å². The van der Waals surface area contributed by atoms with Crippen LogP contribution in [0.5, 0.6) is 0 Å². The van der Waals surface area contributed by atoms with Gasteiger partial charge in [-0.15, -0.1) is 5.10 Å². The third-order valence-corrected chi connectivity index (χ3v) is 3.74. The van der Waals surface area contributed by atoms with Gasteiger partial charge in [0.2, 0.25) is 5.95 Å². The number of anilines is 3. The Hall–Kier alpha value is -3.16. The Balaban J connectivity index is 1.66. The summed E-state index contributed by atoms with van der Waals surface area (Å²) in [6.45, 7) is 2.55. The van der Waals surface area contributed by atoms with Gasteiger partial charge in [-0.25, -0.2) is 0 Å². The van der Waals surface area contributed by atoms with Crippen molar-refractivity contribution in [1.82, 2.24) is 15.2 Å². The maximum atomic E-state index is 12.6. The number of benzene rings is 2. The normalized spacial score (nSPS) is 11.2. The molecule has 5 nitrogen and oxygen atoms in total. The van der Waals surface area contributed by atoms with Gasteiger partial charge in [0.05, 0.1) is 11.8 Å². The average Bonchev–Trinajstić information content (AvgIpc) is 2.61. The molecular formula is C18H16F3N5. The van der Waals surface area contributed by atoms with Crippen LogP contribution in [0.25, 0.3) is 0 Å². The van der Waals surface area contributed by atoms with Gasteiger partial charge in [0, 0.05) is 12.2 Å². The van der Waals surface area contributed by atoms with Crippen molar-refractivity contribution in [1.29, 1.82) is 0 Å². The lowest BCUT2D eigenvalue weighted by molar-refractivity contribution is -0.137. The summed E-state index contributed by atoms with van der Waals surface area (Å²) in [5.41, 5.74) is 2.02. The number of halogens is 3. The molecule has 0 saturated heterocycles. The third kappa shape index (κ3) is 4.47. The van der Waals surface area contributed by atoms with Crippen LogP contribution in [0, 0.1) is 6.92 Å². The Morgan fingerprint density at radius 1 is 1.00 bits per heavy atom. The first-order valence-corrected chi connectivity index (χ1v) is 7.84. The van der Waals surface area contributed by atoms with Crippen molar-refractivity contribution in [3.8, 4) is 0 Å². The smallest absolute Gasteiger partial charge is 0.349 e. The molecule has 2 N–H and O–H groups in total. The summed E-state index contributed by atoms with van der Waals surface area (Å²) in [6, 6.07) is 12.6.